The van der Waals surface area contributed by atoms with Crippen LogP contribution in [0.5, 0.6) is 0 Å². The lowest BCUT2D eigenvalue weighted by atomic mass is 9.91. The zero-order chi connectivity index (χ0) is 13.1. The van der Waals surface area contributed by atoms with Gasteiger partial charge in [-0.05, 0) is 30.7 Å². The van der Waals surface area contributed by atoms with Gasteiger partial charge in [0.25, 0.3) is 0 Å². The van der Waals surface area contributed by atoms with Crippen LogP contribution in [0.1, 0.15) is 32.1 Å². The molecule has 2 aliphatic rings. The number of amidine groups is 1. The van der Waals surface area contributed by atoms with E-state index in [2.05, 4.69) is 14.7 Å². The van der Waals surface area contributed by atoms with Gasteiger partial charge in [0, 0.05) is 18.0 Å². The van der Waals surface area contributed by atoms with E-state index in [1.54, 1.807) is 18.1 Å². The molecule has 2 heterocycles. The summed E-state index contributed by atoms with van der Waals surface area (Å²) < 4.78 is 3.28. The third-order valence-electron chi connectivity index (χ3n) is 3.46. The molecule has 1 saturated carbocycles. The standard InChI is InChI=1S/C13H16ClN3S2/c14-12-6-10-11(7-15-12)19-17-13(16-10)18-8-9-4-2-1-3-5-9/h6-7,9H,1-5,8H2,(H,16,17). The van der Waals surface area contributed by atoms with E-state index in [0.717, 1.165) is 21.7 Å². The molecular formula is C13H16ClN3S2. The summed E-state index contributed by atoms with van der Waals surface area (Å²) in [6, 6.07) is 1.83. The first-order valence-electron chi connectivity index (χ1n) is 6.61. The number of pyridine rings is 1. The van der Waals surface area contributed by atoms with Crippen molar-refractivity contribution in [2.75, 3.05) is 5.75 Å². The van der Waals surface area contributed by atoms with Crippen molar-refractivity contribution in [3.05, 3.63) is 17.4 Å². The fourth-order valence-corrected chi connectivity index (χ4v) is 4.38. The largest absolute Gasteiger partial charge is 0.305 e. The minimum Gasteiger partial charge on any atom is -0.305 e. The van der Waals surface area contributed by atoms with Crippen molar-refractivity contribution >= 4 is 46.2 Å². The Balaban J connectivity index is 1.62. The molecule has 0 radical (unpaired) electrons. The Kier molecular flexibility index (Phi) is 4.56. The van der Waals surface area contributed by atoms with Crippen LogP contribution in [0.15, 0.2) is 22.2 Å². The van der Waals surface area contributed by atoms with E-state index in [0.29, 0.717) is 5.15 Å². The molecule has 3 nitrogen and oxygen atoms in total. The Bertz CT molecular complexity index is 487. The monoisotopic (exact) mass is 313 g/mol. The van der Waals surface area contributed by atoms with Gasteiger partial charge < -0.3 is 4.72 Å². The molecule has 1 aliphatic heterocycles. The molecule has 0 saturated heterocycles. The van der Waals surface area contributed by atoms with E-state index in [-0.39, 0.29) is 0 Å². The molecular weight excluding hydrogens is 298 g/mol. The van der Waals surface area contributed by atoms with Crippen molar-refractivity contribution < 1.29 is 0 Å². The van der Waals surface area contributed by atoms with Crippen molar-refractivity contribution in [1.29, 1.82) is 0 Å². The van der Waals surface area contributed by atoms with Gasteiger partial charge in [-0.1, -0.05) is 42.6 Å². The van der Waals surface area contributed by atoms with Crippen LogP contribution in [-0.4, -0.2) is 15.9 Å². The summed E-state index contributed by atoms with van der Waals surface area (Å²) in [5.74, 6) is 2.02. The van der Waals surface area contributed by atoms with Crippen LogP contribution < -0.4 is 4.72 Å². The molecule has 0 spiro atoms. The lowest BCUT2D eigenvalue weighted by Crippen LogP contribution is -2.18. The number of aromatic nitrogens is 1. The summed E-state index contributed by atoms with van der Waals surface area (Å²) in [5.41, 5.74) is 0.926. The van der Waals surface area contributed by atoms with E-state index < -0.39 is 0 Å². The third-order valence-corrected chi connectivity index (χ3v) is 5.73. The molecule has 0 atom stereocenters. The second kappa shape index (κ2) is 6.37. The highest BCUT2D eigenvalue weighted by atomic mass is 35.5. The van der Waals surface area contributed by atoms with Crippen LogP contribution in [0.25, 0.3) is 0 Å². The molecule has 0 unspecified atom stereocenters. The number of hydrogen-bond acceptors (Lipinski definition) is 5. The molecule has 19 heavy (non-hydrogen) atoms. The third kappa shape index (κ3) is 3.58. The highest BCUT2D eigenvalue weighted by Crippen LogP contribution is 2.35. The van der Waals surface area contributed by atoms with Crippen LogP contribution in [-0.2, 0) is 0 Å². The Morgan fingerprint density at radius 1 is 1.37 bits per heavy atom. The Morgan fingerprint density at radius 3 is 3.05 bits per heavy atom. The SMILES string of the molecule is Clc1cc2c(cn1)SNC(SCC1CCCCC1)=N2. The Morgan fingerprint density at radius 2 is 2.21 bits per heavy atom. The summed E-state index contributed by atoms with van der Waals surface area (Å²) in [6.45, 7) is 0. The van der Waals surface area contributed by atoms with Crippen molar-refractivity contribution in [1.82, 2.24) is 9.71 Å². The van der Waals surface area contributed by atoms with E-state index in [4.69, 9.17) is 11.6 Å². The number of halogens is 1. The molecule has 1 N–H and O–H groups in total. The van der Waals surface area contributed by atoms with Crippen molar-refractivity contribution in [2.45, 2.75) is 37.0 Å². The predicted octanol–water partition coefficient (Wildman–Crippen LogP) is 4.65. The summed E-state index contributed by atoms with van der Waals surface area (Å²) in [7, 11) is 0. The second-order valence-corrected chi connectivity index (χ2v) is 7.15. The van der Waals surface area contributed by atoms with Gasteiger partial charge in [0.05, 0.1) is 10.6 Å². The average molecular weight is 314 g/mol. The van der Waals surface area contributed by atoms with Crippen LogP contribution in [0.4, 0.5) is 5.69 Å². The highest BCUT2D eigenvalue weighted by molar-refractivity contribution is 8.15. The number of nitrogens with zero attached hydrogens (tertiary/aromatic N) is 2. The zero-order valence-electron chi connectivity index (χ0n) is 10.6. The number of hydrogen-bond donors (Lipinski definition) is 1. The molecule has 0 aromatic carbocycles. The summed E-state index contributed by atoms with van der Waals surface area (Å²) in [4.78, 5) is 9.71. The van der Waals surface area contributed by atoms with Gasteiger partial charge in [-0.15, -0.1) is 0 Å². The van der Waals surface area contributed by atoms with E-state index in [9.17, 15) is 0 Å². The van der Waals surface area contributed by atoms with Gasteiger partial charge >= 0.3 is 0 Å². The maximum absolute atomic E-state index is 5.91. The molecule has 0 bridgehead atoms. The lowest BCUT2D eigenvalue weighted by Gasteiger charge is -2.22. The van der Waals surface area contributed by atoms with E-state index in [1.165, 1.54) is 37.9 Å². The first-order chi connectivity index (χ1) is 9.31. The minimum absolute atomic E-state index is 0.502. The van der Waals surface area contributed by atoms with Gasteiger partial charge in [0.2, 0.25) is 0 Å². The number of thioether (sulfide) groups is 1. The van der Waals surface area contributed by atoms with Crippen LogP contribution in [0.3, 0.4) is 0 Å². The highest BCUT2D eigenvalue weighted by Gasteiger charge is 2.17. The fraction of sp³-hybridized carbons (Fsp3) is 0.538. The normalized spacial score (nSPS) is 19.5. The molecule has 1 aromatic heterocycles. The van der Waals surface area contributed by atoms with Crippen molar-refractivity contribution in [3.63, 3.8) is 0 Å². The molecule has 1 aromatic rings. The molecule has 3 rings (SSSR count). The first kappa shape index (κ1) is 13.6. The minimum atomic E-state index is 0.502. The Labute approximate surface area is 127 Å². The number of nitrogens with one attached hydrogen (secondary N) is 1. The molecule has 0 amide bonds. The summed E-state index contributed by atoms with van der Waals surface area (Å²) >= 11 is 9.30. The van der Waals surface area contributed by atoms with Crippen LogP contribution >= 0.6 is 35.3 Å². The Hall–Kier alpha value is -0.390. The van der Waals surface area contributed by atoms with Gasteiger partial charge in [-0.3, -0.25) is 0 Å². The predicted molar refractivity (Wildman–Crippen MR) is 84.4 cm³/mol. The smallest absolute Gasteiger partial charge is 0.172 e. The number of aliphatic imine (C=N–C) groups is 1. The van der Waals surface area contributed by atoms with Gasteiger partial charge in [-0.2, -0.15) is 0 Å². The maximum atomic E-state index is 5.91. The van der Waals surface area contributed by atoms with Crippen molar-refractivity contribution in [3.8, 4) is 0 Å². The number of fused-ring (bicyclic) bond motifs is 1. The van der Waals surface area contributed by atoms with Gasteiger partial charge in [-0.25, -0.2) is 9.98 Å². The van der Waals surface area contributed by atoms with Crippen LogP contribution in [0, 0.1) is 5.92 Å². The maximum Gasteiger partial charge on any atom is 0.172 e. The zero-order valence-corrected chi connectivity index (χ0v) is 13.0. The van der Waals surface area contributed by atoms with Crippen molar-refractivity contribution in [2.24, 2.45) is 10.9 Å². The van der Waals surface area contributed by atoms with Crippen LogP contribution in [0.2, 0.25) is 5.15 Å². The molecule has 1 aliphatic carbocycles. The topological polar surface area (TPSA) is 37.3 Å². The summed E-state index contributed by atoms with van der Waals surface area (Å²) in [5, 5.41) is 1.49. The first-order valence-corrected chi connectivity index (χ1v) is 8.79. The average Bonchev–Trinajstić information content (AvgIpc) is 2.46. The van der Waals surface area contributed by atoms with Gasteiger partial charge in [0.15, 0.2) is 5.17 Å². The molecule has 6 heteroatoms. The lowest BCUT2D eigenvalue weighted by molar-refractivity contribution is 0.391. The quantitative estimate of drug-likeness (QED) is 0.637. The fourth-order valence-electron chi connectivity index (χ4n) is 2.42. The molecule has 1 fully saturated rings. The van der Waals surface area contributed by atoms with E-state index >= 15 is 0 Å². The second-order valence-electron chi connectivity index (χ2n) is 4.91. The van der Waals surface area contributed by atoms with Gasteiger partial charge in [0.1, 0.15) is 5.15 Å². The summed E-state index contributed by atoms with van der Waals surface area (Å²) in [6.07, 6.45) is 8.71. The number of rotatable bonds is 2. The van der Waals surface area contributed by atoms with E-state index in [1.807, 2.05) is 17.8 Å². The molecule has 102 valence electrons.